The summed E-state index contributed by atoms with van der Waals surface area (Å²) in [6, 6.07) is 0. The van der Waals surface area contributed by atoms with Crippen LogP contribution in [0.4, 0.5) is 0 Å². The molecule has 1 aliphatic rings. The highest BCUT2D eigenvalue weighted by atomic mass is 17.2. The standard InChI is InChI=1S/C8H12O4.C3H4O2/c1-2-7(9)11-12-8-5-3-4-6-10-8;1-2-3(4)5/h2,8H,1,3-6H2;2H,1H2,(H,4,5). The van der Waals surface area contributed by atoms with Crippen LogP contribution in [-0.2, 0) is 24.1 Å². The zero-order chi connectivity index (χ0) is 13.1. The lowest BCUT2D eigenvalue weighted by Gasteiger charge is -2.20. The van der Waals surface area contributed by atoms with Crippen LogP contribution >= 0.6 is 0 Å². The van der Waals surface area contributed by atoms with E-state index in [1.54, 1.807) is 0 Å². The molecule has 1 saturated heterocycles. The fraction of sp³-hybridized carbons (Fsp3) is 0.455. The Hall–Kier alpha value is -1.66. The van der Waals surface area contributed by atoms with Gasteiger partial charge in [-0.2, -0.15) is 4.89 Å². The van der Waals surface area contributed by atoms with Crippen molar-refractivity contribution in [2.45, 2.75) is 25.6 Å². The third kappa shape index (κ3) is 9.28. The van der Waals surface area contributed by atoms with Crippen LogP contribution in [0.2, 0.25) is 0 Å². The van der Waals surface area contributed by atoms with Gasteiger partial charge in [0.1, 0.15) is 0 Å². The van der Waals surface area contributed by atoms with Gasteiger partial charge in [0.15, 0.2) is 0 Å². The molecule has 0 aromatic rings. The van der Waals surface area contributed by atoms with Gasteiger partial charge in [-0.05, 0) is 12.8 Å². The van der Waals surface area contributed by atoms with E-state index in [4.69, 9.17) is 14.7 Å². The molecular weight excluding hydrogens is 228 g/mol. The van der Waals surface area contributed by atoms with Crippen LogP contribution in [-0.4, -0.2) is 29.9 Å². The molecule has 1 aliphatic heterocycles. The SMILES string of the molecule is C=CC(=O)O.C=CC(=O)OOC1CCCCO1. The number of carbonyl (C=O) groups is 2. The molecular formula is C11H16O6. The van der Waals surface area contributed by atoms with Gasteiger partial charge in [0.2, 0.25) is 6.29 Å². The molecule has 0 radical (unpaired) electrons. The molecule has 0 aromatic carbocycles. The zero-order valence-electron chi connectivity index (χ0n) is 9.46. The van der Waals surface area contributed by atoms with Crippen molar-refractivity contribution in [3.05, 3.63) is 25.3 Å². The van der Waals surface area contributed by atoms with E-state index in [9.17, 15) is 9.59 Å². The highest BCUT2D eigenvalue weighted by Gasteiger charge is 2.16. The van der Waals surface area contributed by atoms with Crippen molar-refractivity contribution >= 4 is 11.9 Å². The topological polar surface area (TPSA) is 82.1 Å². The molecule has 6 nitrogen and oxygen atoms in total. The van der Waals surface area contributed by atoms with Crippen molar-refractivity contribution in [3.63, 3.8) is 0 Å². The molecule has 0 saturated carbocycles. The van der Waals surface area contributed by atoms with E-state index >= 15 is 0 Å². The molecule has 1 atom stereocenters. The average Bonchev–Trinajstić information content (AvgIpc) is 2.37. The number of ether oxygens (including phenoxy) is 1. The van der Waals surface area contributed by atoms with Crippen LogP contribution in [0, 0.1) is 0 Å². The smallest absolute Gasteiger partial charge is 0.365 e. The number of aliphatic carboxylic acids is 1. The molecule has 6 heteroatoms. The van der Waals surface area contributed by atoms with E-state index in [1.165, 1.54) is 0 Å². The van der Waals surface area contributed by atoms with Crippen LogP contribution < -0.4 is 0 Å². The second-order valence-electron chi connectivity index (χ2n) is 3.04. The van der Waals surface area contributed by atoms with E-state index in [1.807, 2.05) is 0 Å². The van der Waals surface area contributed by atoms with Crippen LogP contribution in [0.25, 0.3) is 0 Å². The number of carboxylic acids is 1. The van der Waals surface area contributed by atoms with Gasteiger partial charge < -0.3 is 9.84 Å². The number of hydrogen-bond acceptors (Lipinski definition) is 5. The molecule has 17 heavy (non-hydrogen) atoms. The van der Waals surface area contributed by atoms with Gasteiger partial charge in [-0.25, -0.2) is 9.59 Å². The monoisotopic (exact) mass is 244 g/mol. The summed E-state index contributed by atoms with van der Waals surface area (Å²) < 4.78 is 5.14. The highest BCUT2D eigenvalue weighted by molar-refractivity contribution is 5.80. The predicted octanol–water partition coefficient (Wildman–Crippen LogP) is 1.43. The summed E-state index contributed by atoms with van der Waals surface area (Å²) in [6.07, 6.45) is 4.32. The first kappa shape index (κ1) is 15.3. The summed E-state index contributed by atoms with van der Waals surface area (Å²) in [5.41, 5.74) is 0. The lowest BCUT2D eigenvalue weighted by molar-refractivity contribution is -0.355. The van der Waals surface area contributed by atoms with Gasteiger partial charge >= 0.3 is 11.9 Å². The molecule has 0 aromatic heterocycles. The Kier molecular flexibility index (Phi) is 8.62. The predicted molar refractivity (Wildman–Crippen MR) is 58.8 cm³/mol. The minimum Gasteiger partial charge on any atom is -0.478 e. The molecule has 96 valence electrons. The van der Waals surface area contributed by atoms with Gasteiger partial charge in [0.05, 0.1) is 0 Å². The molecule has 1 fully saturated rings. The number of rotatable bonds is 4. The van der Waals surface area contributed by atoms with Gasteiger partial charge in [-0.15, -0.1) is 0 Å². The number of carbonyl (C=O) groups excluding carboxylic acids is 1. The molecule has 0 bridgehead atoms. The summed E-state index contributed by atoms with van der Waals surface area (Å²) in [4.78, 5) is 28.8. The fourth-order valence-corrected chi connectivity index (χ4v) is 0.922. The summed E-state index contributed by atoms with van der Waals surface area (Å²) in [7, 11) is 0. The van der Waals surface area contributed by atoms with Crippen LogP contribution in [0.5, 0.6) is 0 Å². The minimum atomic E-state index is -0.981. The highest BCUT2D eigenvalue weighted by Crippen LogP contribution is 2.13. The first-order chi connectivity index (χ1) is 8.10. The van der Waals surface area contributed by atoms with Gasteiger partial charge in [0.25, 0.3) is 0 Å². The number of carboxylic acid groups (broad SMARTS) is 1. The molecule has 0 spiro atoms. The van der Waals surface area contributed by atoms with Crippen LogP contribution in [0.15, 0.2) is 25.3 Å². The Morgan fingerprint density at radius 3 is 2.35 bits per heavy atom. The van der Waals surface area contributed by atoms with E-state index in [0.717, 1.165) is 31.4 Å². The van der Waals surface area contributed by atoms with Crippen molar-refractivity contribution in [2.75, 3.05) is 6.61 Å². The first-order valence-corrected chi connectivity index (χ1v) is 5.06. The Bertz CT molecular complexity index is 267. The van der Waals surface area contributed by atoms with Crippen molar-refractivity contribution in [3.8, 4) is 0 Å². The van der Waals surface area contributed by atoms with E-state index < -0.39 is 18.2 Å². The maximum atomic E-state index is 10.5. The van der Waals surface area contributed by atoms with Crippen molar-refractivity contribution in [1.82, 2.24) is 0 Å². The van der Waals surface area contributed by atoms with Crippen molar-refractivity contribution < 1.29 is 29.2 Å². The molecule has 1 unspecified atom stereocenters. The van der Waals surface area contributed by atoms with Gasteiger partial charge in [0, 0.05) is 25.2 Å². The molecule has 0 amide bonds. The number of hydrogen-bond donors (Lipinski definition) is 1. The molecule has 0 aliphatic carbocycles. The lowest BCUT2D eigenvalue weighted by atomic mass is 10.2. The van der Waals surface area contributed by atoms with E-state index in [2.05, 4.69) is 18.0 Å². The fourth-order valence-electron chi connectivity index (χ4n) is 0.922. The largest absolute Gasteiger partial charge is 0.478 e. The lowest BCUT2D eigenvalue weighted by Crippen LogP contribution is -2.23. The minimum absolute atomic E-state index is 0.400. The third-order valence-corrected chi connectivity index (χ3v) is 1.72. The summed E-state index contributed by atoms with van der Waals surface area (Å²) in [5.74, 6) is -1.57. The second-order valence-corrected chi connectivity index (χ2v) is 3.04. The quantitative estimate of drug-likeness (QED) is 0.457. The summed E-state index contributed by atoms with van der Waals surface area (Å²) in [5, 5.41) is 7.60. The van der Waals surface area contributed by atoms with Crippen LogP contribution in [0.3, 0.4) is 0 Å². The molecule has 1 heterocycles. The Morgan fingerprint density at radius 1 is 1.29 bits per heavy atom. The first-order valence-electron chi connectivity index (χ1n) is 5.06. The van der Waals surface area contributed by atoms with Gasteiger partial charge in [-0.3, -0.25) is 4.89 Å². The van der Waals surface area contributed by atoms with Crippen molar-refractivity contribution in [1.29, 1.82) is 0 Å². The van der Waals surface area contributed by atoms with E-state index in [-0.39, 0.29) is 0 Å². The maximum absolute atomic E-state index is 10.5. The normalized spacial score (nSPS) is 18.2. The Balaban J connectivity index is 0.000000437. The van der Waals surface area contributed by atoms with Crippen LogP contribution in [0.1, 0.15) is 19.3 Å². The maximum Gasteiger partial charge on any atom is 0.365 e. The van der Waals surface area contributed by atoms with E-state index in [0.29, 0.717) is 6.61 Å². The molecule has 1 rings (SSSR count). The third-order valence-electron chi connectivity index (χ3n) is 1.72. The second kappa shape index (κ2) is 9.56. The molecule has 1 N–H and O–H groups in total. The average molecular weight is 244 g/mol. The zero-order valence-corrected chi connectivity index (χ0v) is 9.46. The van der Waals surface area contributed by atoms with Crippen molar-refractivity contribution in [2.24, 2.45) is 0 Å². The summed E-state index contributed by atoms with van der Waals surface area (Å²) >= 11 is 0. The summed E-state index contributed by atoms with van der Waals surface area (Å²) in [6.45, 7) is 6.85. The Morgan fingerprint density at radius 2 is 1.94 bits per heavy atom. The van der Waals surface area contributed by atoms with Gasteiger partial charge in [-0.1, -0.05) is 13.2 Å². The Labute approximate surface area is 99.4 Å².